The summed E-state index contributed by atoms with van der Waals surface area (Å²) < 4.78 is 0. The molecule has 0 radical (unpaired) electrons. The van der Waals surface area contributed by atoms with E-state index in [2.05, 4.69) is 21.3 Å². The Hall–Kier alpha value is -2.93. The maximum atomic E-state index is 13.0. The predicted molar refractivity (Wildman–Crippen MR) is 108 cm³/mol. The SMILES string of the molecule is CN1CCC(=O)Nc2cc(C(=O)N3CCN(Cc4cccnc4)CC3)ccc21. The lowest BCUT2D eigenvalue weighted by atomic mass is 10.1. The molecule has 3 heterocycles. The molecule has 0 saturated carbocycles. The molecule has 1 saturated heterocycles. The summed E-state index contributed by atoms with van der Waals surface area (Å²) in [5.74, 6) is 0.00388. The Labute approximate surface area is 164 Å². The van der Waals surface area contributed by atoms with Crippen LogP contribution in [0.2, 0.25) is 0 Å². The number of rotatable bonds is 3. The molecule has 28 heavy (non-hydrogen) atoms. The first-order chi connectivity index (χ1) is 13.6. The Balaban J connectivity index is 1.41. The molecule has 2 aliphatic heterocycles. The van der Waals surface area contributed by atoms with Crippen LogP contribution >= 0.6 is 0 Å². The second kappa shape index (κ2) is 7.98. The summed E-state index contributed by atoms with van der Waals surface area (Å²) in [6.45, 7) is 4.60. The van der Waals surface area contributed by atoms with Gasteiger partial charge in [-0.3, -0.25) is 19.5 Å². The van der Waals surface area contributed by atoms with Crippen molar-refractivity contribution in [3.05, 3.63) is 53.9 Å². The fourth-order valence-electron chi connectivity index (χ4n) is 3.75. The van der Waals surface area contributed by atoms with Crippen molar-refractivity contribution >= 4 is 23.2 Å². The molecule has 1 aromatic heterocycles. The van der Waals surface area contributed by atoms with Crippen LogP contribution in [0.15, 0.2) is 42.7 Å². The lowest BCUT2D eigenvalue weighted by Gasteiger charge is -2.34. The number of fused-ring (bicyclic) bond motifs is 1. The molecule has 0 atom stereocenters. The number of nitrogens with zero attached hydrogens (tertiary/aromatic N) is 4. The summed E-state index contributed by atoms with van der Waals surface area (Å²) in [7, 11) is 1.96. The number of hydrogen-bond acceptors (Lipinski definition) is 5. The first-order valence-corrected chi connectivity index (χ1v) is 9.66. The first kappa shape index (κ1) is 18.4. The molecule has 1 N–H and O–H groups in total. The van der Waals surface area contributed by atoms with Crippen molar-refractivity contribution in [3.8, 4) is 0 Å². The highest BCUT2D eigenvalue weighted by Crippen LogP contribution is 2.29. The topological polar surface area (TPSA) is 68.8 Å². The Morgan fingerprint density at radius 2 is 1.96 bits per heavy atom. The minimum atomic E-state index is -0.0146. The summed E-state index contributed by atoms with van der Waals surface area (Å²) in [5.41, 5.74) is 3.47. The van der Waals surface area contributed by atoms with E-state index >= 15 is 0 Å². The molecule has 2 aromatic rings. The van der Waals surface area contributed by atoms with Crippen LogP contribution in [0.1, 0.15) is 22.3 Å². The van der Waals surface area contributed by atoms with Crippen LogP contribution in [0.25, 0.3) is 0 Å². The number of piperazine rings is 1. The van der Waals surface area contributed by atoms with Crippen LogP contribution < -0.4 is 10.2 Å². The fourth-order valence-corrected chi connectivity index (χ4v) is 3.75. The third-order valence-corrected chi connectivity index (χ3v) is 5.39. The Bertz CT molecular complexity index is 862. The monoisotopic (exact) mass is 379 g/mol. The number of carbonyl (C=O) groups is 2. The van der Waals surface area contributed by atoms with Gasteiger partial charge in [0.05, 0.1) is 11.4 Å². The summed E-state index contributed by atoms with van der Waals surface area (Å²) in [6.07, 6.45) is 4.12. The second-order valence-electron chi connectivity index (χ2n) is 7.38. The average molecular weight is 379 g/mol. The smallest absolute Gasteiger partial charge is 0.254 e. The standard InChI is InChI=1S/C21H25N5O2/c1-24-8-6-20(27)23-18-13-17(4-5-19(18)24)21(28)26-11-9-25(10-12-26)15-16-3-2-7-22-14-16/h2-5,7,13-14H,6,8-12,15H2,1H3,(H,23,27). The lowest BCUT2D eigenvalue weighted by molar-refractivity contribution is -0.115. The molecule has 0 bridgehead atoms. The number of amides is 2. The van der Waals surface area contributed by atoms with Gasteiger partial charge in [0.25, 0.3) is 5.91 Å². The third kappa shape index (κ3) is 3.99. The van der Waals surface area contributed by atoms with E-state index < -0.39 is 0 Å². The Morgan fingerprint density at radius 1 is 1.14 bits per heavy atom. The van der Waals surface area contributed by atoms with E-state index in [1.807, 2.05) is 41.2 Å². The second-order valence-corrected chi connectivity index (χ2v) is 7.38. The van der Waals surface area contributed by atoms with Crippen molar-refractivity contribution in [1.82, 2.24) is 14.8 Å². The zero-order valence-electron chi connectivity index (χ0n) is 16.1. The highest BCUT2D eigenvalue weighted by atomic mass is 16.2. The average Bonchev–Trinajstić information content (AvgIpc) is 2.86. The van der Waals surface area contributed by atoms with Gasteiger partial charge in [-0.25, -0.2) is 0 Å². The molecule has 7 heteroatoms. The van der Waals surface area contributed by atoms with Gasteiger partial charge in [0, 0.05) is 70.7 Å². The van der Waals surface area contributed by atoms with Crippen LogP contribution in [-0.4, -0.2) is 66.4 Å². The van der Waals surface area contributed by atoms with Crippen LogP contribution in [0.4, 0.5) is 11.4 Å². The zero-order chi connectivity index (χ0) is 19.5. The van der Waals surface area contributed by atoms with E-state index in [0.29, 0.717) is 37.3 Å². The number of benzene rings is 1. The largest absolute Gasteiger partial charge is 0.372 e. The summed E-state index contributed by atoms with van der Waals surface area (Å²) in [4.78, 5) is 35.3. The van der Waals surface area contributed by atoms with Gasteiger partial charge >= 0.3 is 0 Å². The van der Waals surface area contributed by atoms with Crippen molar-refractivity contribution in [2.75, 3.05) is 50.0 Å². The Morgan fingerprint density at radius 3 is 2.71 bits per heavy atom. The number of pyridine rings is 1. The summed E-state index contributed by atoms with van der Waals surface area (Å²) in [6, 6.07) is 9.61. The van der Waals surface area contributed by atoms with Gasteiger partial charge in [0.2, 0.25) is 5.91 Å². The zero-order valence-corrected chi connectivity index (χ0v) is 16.1. The molecule has 0 unspecified atom stereocenters. The molecule has 2 amide bonds. The normalized spacial score (nSPS) is 17.7. The van der Waals surface area contributed by atoms with Crippen molar-refractivity contribution in [2.45, 2.75) is 13.0 Å². The van der Waals surface area contributed by atoms with E-state index in [1.165, 1.54) is 5.56 Å². The molecular weight excluding hydrogens is 354 g/mol. The number of aromatic nitrogens is 1. The van der Waals surface area contributed by atoms with E-state index in [9.17, 15) is 9.59 Å². The highest BCUT2D eigenvalue weighted by Gasteiger charge is 2.24. The minimum absolute atomic E-state index is 0.0146. The van der Waals surface area contributed by atoms with E-state index in [1.54, 1.807) is 12.3 Å². The van der Waals surface area contributed by atoms with Gasteiger partial charge in [-0.05, 0) is 29.8 Å². The molecule has 1 aromatic carbocycles. The molecule has 146 valence electrons. The highest BCUT2D eigenvalue weighted by molar-refractivity contribution is 6.00. The van der Waals surface area contributed by atoms with Gasteiger partial charge < -0.3 is 15.1 Å². The summed E-state index contributed by atoms with van der Waals surface area (Å²) in [5, 5.41) is 2.92. The maximum absolute atomic E-state index is 13.0. The maximum Gasteiger partial charge on any atom is 0.254 e. The van der Waals surface area contributed by atoms with E-state index in [0.717, 1.165) is 25.3 Å². The molecule has 2 aliphatic rings. The van der Waals surface area contributed by atoms with Crippen molar-refractivity contribution in [3.63, 3.8) is 0 Å². The number of anilines is 2. The third-order valence-electron chi connectivity index (χ3n) is 5.39. The molecule has 0 spiro atoms. The number of nitrogens with one attached hydrogen (secondary N) is 1. The van der Waals surface area contributed by atoms with Gasteiger partial charge in [-0.1, -0.05) is 6.07 Å². The quantitative estimate of drug-likeness (QED) is 0.881. The van der Waals surface area contributed by atoms with Crippen molar-refractivity contribution in [2.24, 2.45) is 0 Å². The fraction of sp³-hybridized carbons (Fsp3) is 0.381. The van der Waals surface area contributed by atoms with Gasteiger partial charge in [0.1, 0.15) is 0 Å². The summed E-state index contributed by atoms with van der Waals surface area (Å²) >= 11 is 0. The molecule has 4 rings (SSSR count). The molecule has 0 aliphatic carbocycles. The Kier molecular flexibility index (Phi) is 5.25. The molecule has 1 fully saturated rings. The van der Waals surface area contributed by atoms with E-state index in [-0.39, 0.29) is 11.8 Å². The van der Waals surface area contributed by atoms with Crippen LogP contribution in [0, 0.1) is 0 Å². The van der Waals surface area contributed by atoms with Crippen molar-refractivity contribution in [1.29, 1.82) is 0 Å². The van der Waals surface area contributed by atoms with Crippen LogP contribution in [0.5, 0.6) is 0 Å². The van der Waals surface area contributed by atoms with Crippen LogP contribution in [0.3, 0.4) is 0 Å². The number of carbonyl (C=O) groups excluding carboxylic acids is 2. The minimum Gasteiger partial charge on any atom is -0.372 e. The first-order valence-electron chi connectivity index (χ1n) is 9.66. The van der Waals surface area contributed by atoms with Gasteiger partial charge in [-0.15, -0.1) is 0 Å². The number of hydrogen-bond donors (Lipinski definition) is 1. The van der Waals surface area contributed by atoms with Crippen molar-refractivity contribution < 1.29 is 9.59 Å². The lowest BCUT2D eigenvalue weighted by Crippen LogP contribution is -2.48. The van der Waals surface area contributed by atoms with Gasteiger partial charge in [-0.2, -0.15) is 0 Å². The molecule has 7 nitrogen and oxygen atoms in total. The van der Waals surface area contributed by atoms with Gasteiger partial charge in [0.15, 0.2) is 0 Å². The molecular formula is C21H25N5O2. The van der Waals surface area contributed by atoms with E-state index in [4.69, 9.17) is 0 Å². The van der Waals surface area contributed by atoms with Crippen LogP contribution in [-0.2, 0) is 11.3 Å². The predicted octanol–water partition coefficient (Wildman–Crippen LogP) is 1.82.